The van der Waals surface area contributed by atoms with E-state index in [2.05, 4.69) is 53.3 Å². The van der Waals surface area contributed by atoms with Crippen LogP contribution in [-0.4, -0.2) is 0 Å². The minimum Gasteiger partial charge on any atom is -0.126 e. The summed E-state index contributed by atoms with van der Waals surface area (Å²) < 4.78 is 0. The van der Waals surface area contributed by atoms with Crippen LogP contribution in [0.15, 0.2) is 17.4 Å². The third-order valence-electron chi connectivity index (χ3n) is 2.17. The molecule has 1 unspecified atom stereocenters. The summed E-state index contributed by atoms with van der Waals surface area (Å²) in [6.45, 7) is 13.5. The van der Waals surface area contributed by atoms with Crippen molar-refractivity contribution in [3.63, 3.8) is 0 Å². The molecular formula is C14H26. The normalized spacial score (nSPS) is 12.9. The van der Waals surface area contributed by atoms with Crippen LogP contribution in [0.25, 0.3) is 0 Å². The third-order valence-corrected chi connectivity index (χ3v) is 2.17. The quantitative estimate of drug-likeness (QED) is 0.551. The molecule has 82 valence electrons. The monoisotopic (exact) mass is 194 g/mol. The summed E-state index contributed by atoms with van der Waals surface area (Å²) in [6, 6.07) is 0. The van der Waals surface area contributed by atoms with Gasteiger partial charge < -0.3 is 0 Å². The molecule has 0 heterocycles. The van der Waals surface area contributed by atoms with E-state index in [0.29, 0.717) is 5.92 Å². The van der Waals surface area contributed by atoms with Crippen LogP contribution in [0.2, 0.25) is 0 Å². The van der Waals surface area contributed by atoms with E-state index in [4.69, 9.17) is 0 Å². The first-order chi connectivity index (χ1) is 6.41. The molecule has 0 aromatic carbocycles. The van der Waals surface area contributed by atoms with Gasteiger partial charge in [-0.2, -0.15) is 0 Å². The van der Waals surface area contributed by atoms with Crippen molar-refractivity contribution in [1.82, 2.24) is 0 Å². The van der Waals surface area contributed by atoms with E-state index in [1.165, 1.54) is 18.4 Å². The Morgan fingerprint density at radius 1 is 1.07 bits per heavy atom. The summed E-state index contributed by atoms with van der Waals surface area (Å²) in [5.74, 6) is 2.20. The van der Waals surface area contributed by atoms with Crippen molar-refractivity contribution in [2.24, 2.45) is 17.8 Å². The SMILES string of the molecule is CC(=C=CC(C)CC(C)C)CC(C)C. The first-order valence-corrected chi connectivity index (χ1v) is 5.84. The van der Waals surface area contributed by atoms with Gasteiger partial charge in [0.25, 0.3) is 0 Å². The average Bonchev–Trinajstić information content (AvgIpc) is 1.98. The van der Waals surface area contributed by atoms with E-state index in [9.17, 15) is 0 Å². The molecular weight excluding hydrogens is 168 g/mol. The van der Waals surface area contributed by atoms with Crippen LogP contribution in [0.4, 0.5) is 0 Å². The summed E-state index contributed by atoms with van der Waals surface area (Å²) in [6.07, 6.45) is 4.67. The van der Waals surface area contributed by atoms with Crippen LogP contribution in [0.1, 0.15) is 54.4 Å². The Morgan fingerprint density at radius 2 is 1.64 bits per heavy atom. The maximum atomic E-state index is 3.41. The van der Waals surface area contributed by atoms with Crippen LogP contribution in [0.5, 0.6) is 0 Å². The van der Waals surface area contributed by atoms with Gasteiger partial charge in [0, 0.05) is 0 Å². The zero-order chi connectivity index (χ0) is 11.1. The fraction of sp³-hybridized carbons (Fsp3) is 0.786. The van der Waals surface area contributed by atoms with Crippen LogP contribution >= 0.6 is 0 Å². The lowest BCUT2D eigenvalue weighted by atomic mass is 9.98. The number of hydrogen-bond donors (Lipinski definition) is 0. The Labute approximate surface area is 90.1 Å². The standard InChI is InChI=1S/C14H26/c1-11(2)9-13(5)7-8-14(6)10-12(3)4/h7,11-13H,9-10H2,1-6H3. The van der Waals surface area contributed by atoms with Gasteiger partial charge in [-0.15, -0.1) is 5.73 Å². The van der Waals surface area contributed by atoms with Crippen LogP contribution < -0.4 is 0 Å². The molecule has 0 aliphatic carbocycles. The van der Waals surface area contributed by atoms with Gasteiger partial charge in [0.1, 0.15) is 0 Å². The van der Waals surface area contributed by atoms with Crippen molar-refractivity contribution in [2.45, 2.75) is 54.4 Å². The Morgan fingerprint density at radius 3 is 2.07 bits per heavy atom. The van der Waals surface area contributed by atoms with Crippen molar-refractivity contribution in [3.05, 3.63) is 17.4 Å². The first kappa shape index (κ1) is 13.5. The molecule has 0 saturated carbocycles. The van der Waals surface area contributed by atoms with E-state index >= 15 is 0 Å². The van der Waals surface area contributed by atoms with Gasteiger partial charge in [0.05, 0.1) is 0 Å². The van der Waals surface area contributed by atoms with Crippen molar-refractivity contribution in [1.29, 1.82) is 0 Å². The summed E-state index contributed by atoms with van der Waals surface area (Å²) in [5.41, 5.74) is 4.80. The summed E-state index contributed by atoms with van der Waals surface area (Å²) >= 11 is 0. The van der Waals surface area contributed by atoms with E-state index in [0.717, 1.165) is 11.8 Å². The van der Waals surface area contributed by atoms with Gasteiger partial charge in [0.2, 0.25) is 0 Å². The summed E-state index contributed by atoms with van der Waals surface area (Å²) in [4.78, 5) is 0. The second-order valence-corrected chi connectivity index (χ2v) is 5.30. The van der Waals surface area contributed by atoms with Crippen molar-refractivity contribution in [2.75, 3.05) is 0 Å². The Balaban J connectivity index is 4.11. The highest BCUT2D eigenvalue weighted by molar-refractivity contribution is 5.00. The smallest absolute Gasteiger partial charge is 0.0183 e. The minimum atomic E-state index is 0.664. The van der Waals surface area contributed by atoms with E-state index in [1.54, 1.807) is 0 Å². The maximum absolute atomic E-state index is 3.41. The summed E-state index contributed by atoms with van der Waals surface area (Å²) in [7, 11) is 0. The second kappa shape index (κ2) is 6.90. The largest absolute Gasteiger partial charge is 0.126 e. The molecule has 0 N–H and O–H groups in total. The van der Waals surface area contributed by atoms with Gasteiger partial charge >= 0.3 is 0 Å². The molecule has 0 aromatic rings. The molecule has 0 fully saturated rings. The molecule has 0 spiro atoms. The second-order valence-electron chi connectivity index (χ2n) is 5.30. The van der Waals surface area contributed by atoms with E-state index < -0.39 is 0 Å². The highest BCUT2D eigenvalue weighted by Gasteiger charge is 2.00. The summed E-state index contributed by atoms with van der Waals surface area (Å²) in [5, 5.41) is 0. The molecule has 0 amide bonds. The Kier molecular flexibility index (Phi) is 6.66. The number of allylic oxidation sites excluding steroid dienone is 1. The molecule has 0 rings (SSSR count). The van der Waals surface area contributed by atoms with Crippen molar-refractivity contribution in [3.8, 4) is 0 Å². The van der Waals surface area contributed by atoms with Gasteiger partial charge in [-0.05, 0) is 49.2 Å². The molecule has 0 aliphatic rings. The predicted octanol–water partition coefficient (Wildman–Crippen LogP) is 4.82. The van der Waals surface area contributed by atoms with Crippen LogP contribution in [0, 0.1) is 17.8 Å². The maximum Gasteiger partial charge on any atom is -0.0183 e. The molecule has 0 aliphatic heterocycles. The molecule has 0 heteroatoms. The molecule has 0 bridgehead atoms. The lowest BCUT2D eigenvalue weighted by molar-refractivity contribution is 0.503. The van der Waals surface area contributed by atoms with Gasteiger partial charge in [-0.3, -0.25) is 0 Å². The first-order valence-electron chi connectivity index (χ1n) is 5.84. The Hall–Kier alpha value is -0.480. The molecule has 0 saturated heterocycles. The molecule has 1 atom stereocenters. The van der Waals surface area contributed by atoms with Crippen molar-refractivity contribution >= 4 is 0 Å². The fourth-order valence-electron chi connectivity index (χ4n) is 1.77. The third kappa shape index (κ3) is 8.13. The molecule has 0 aromatic heterocycles. The van der Waals surface area contributed by atoms with Gasteiger partial charge in [-0.25, -0.2) is 0 Å². The average molecular weight is 194 g/mol. The zero-order valence-electron chi connectivity index (χ0n) is 10.7. The highest BCUT2D eigenvalue weighted by atomic mass is 14.1. The molecule has 0 nitrogen and oxygen atoms in total. The van der Waals surface area contributed by atoms with E-state index in [-0.39, 0.29) is 0 Å². The minimum absolute atomic E-state index is 0.664. The fourth-order valence-corrected chi connectivity index (χ4v) is 1.77. The molecule has 14 heavy (non-hydrogen) atoms. The van der Waals surface area contributed by atoms with Crippen LogP contribution in [0.3, 0.4) is 0 Å². The molecule has 0 radical (unpaired) electrons. The van der Waals surface area contributed by atoms with E-state index in [1.807, 2.05) is 0 Å². The number of rotatable bonds is 5. The zero-order valence-corrected chi connectivity index (χ0v) is 10.7. The lowest BCUT2D eigenvalue weighted by Crippen LogP contribution is -1.95. The highest BCUT2D eigenvalue weighted by Crippen LogP contribution is 2.13. The lowest BCUT2D eigenvalue weighted by Gasteiger charge is -2.07. The predicted molar refractivity (Wildman–Crippen MR) is 65.3 cm³/mol. The van der Waals surface area contributed by atoms with Gasteiger partial charge in [0.15, 0.2) is 0 Å². The topological polar surface area (TPSA) is 0 Å². The van der Waals surface area contributed by atoms with Gasteiger partial charge in [-0.1, -0.05) is 34.6 Å². The Bertz CT molecular complexity index is 202. The van der Waals surface area contributed by atoms with Crippen molar-refractivity contribution < 1.29 is 0 Å². The van der Waals surface area contributed by atoms with Crippen LogP contribution in [-0.2, 0) is 0 Å². The number of hydrogen-bond acceptors (Lipinski definition) is 0.